The van der Waals surface area contributed by atoms with Gasteiger partial charge in [-0.2, -0.15) is 0 Å². The molecule has 0 saturated heterocycles. The quantitative estimate of drug-likeness (QED) is 0.137. The van der Waals surface area contributed by atoms with Gasteiger partial charge in [0, 0.05) is 0 Å². The summed E-state index contributed by atoms with van der Waals surface area (Å²) in [6.07, 6.45) is -2.90. The maximum atomic E-state index is 11.5. The van der Waals surface area contributed by atoms with Crippen molar-refractivity contribution in [2.75, 3.05) is 0 Å². The Bertz CT molecular complexity index is 657. The van der Waals surface area contributed by atoms with Gasteiger partial charge in [0.1, 0.15) is 0 Å². The second-order valence-electron chi connectivity index (χ2n) is 6.48. The molecular formula is C16H22O12Rf4. The average Bonchev–Trinajstić information content (AvgIpc) is 2.54. The maximum Gasteiger partial charge on any atom is 0.307 e. The smallest absolute Gasteiger partial charge is 0.307 e. The van der Waals surface area contributed by atoms with Crippen LogP contribution in [0.15, 0.2) is 0 Å². The number of carbonyl (C=O) groups is 6. The monoisotopic (exact) mass is 1470 g/mol. The van der Waals surface area contributed by atoms with Crippen molar-refractivity contribution in [2.24, 2.45) is 29.6 Å². The molecular weight excluding hydrogens is 1450 g/mol. The Labute approximate surface area is 158 Å². The number of rotatable bonds is 14. The molecule has 0 rings (SSSR count). The number of aliphatic carboxylic acids is 6. The van der Waals surface area contributed by atoms with E-state index >= 15 is 0 Å². The van der Waals surface area contributed by atoms with Gasteiger partial charge < -0.3 is 30.6 Å². The van der Waals surface area contributed by atoms with E-state index in [1.807, 2.05) is 0 Å². The first-order valence-corrected chi connectivity index (χ1v) is 8.13. The van der Waals surface area contributed by atoms with Crippen LogP contribution < -0.4 is 0 Å². The molecule has 5 atom stereocenters. The zero-order valence-electron chi connectivity index (χ0n) is 17.7. The van der Waals surface area contributed by atoms with E-state index in [0.717, 1.165) is 6.92 Å². The molecule has 0 aliphatic rings. The summed E-state index contributed by atoms with van der Waals surface area (Å²) >= 11 is 0. The van der Waals surface area contributed by atoms with Gasteiger partial charge in [0.05, 0.1) is 36.0 Å². The third kappa shape index (κ3) is 10.1. The molecule has 0 spiro atoms. The molecule has 0 aliphatic heterocycles. The van der Waals surface area contributed by atoms with Crippen LogP contribution in [0.5, 0.6) is 0 Å². The topological polar surface area (TPSA) is 224 Å². The van der Waals surface area contributed by atoms with E-state index in [9.17, 15) is 39.0 Å². The molecule has 0 fully saturated rings. The van der Waals surface area contributed by atoms with Gasteiger partial charge in [-0.25, -0.2) is 0 Å². The Morgan fingerprint density at radius 3 is 1.16 bits per heavy atom. The number of hydrogen-bond acceptors (Lipinski definition) is 6. The van der Waals surface area contributed by atoms with E-state index in [0.29, 0.717) is 0 Å². The fraction of sp³-hybridized carbons (Fsp3) is 0.625. The van der Waals surface area contributed by atoms with E-state index in [2.05, 4.69) is 0 Å². The molecule has 0 saturated carbocycles. The number of carboxylic acid groups (broad SMARTS) is 6. The normalized spacial score (nSPS) is 14.2. The molecule has 0 aromatic carbocycles. The summed E-state index contributed by atoms with van der Waals surface area (Å²) < 4.78 is 0. The zero-order chi connectivity index (χ0) is 22.2. The van der Waals surface area contributed by atoms with E-state index in [1.165, 1.54) is 0 Å². The van der Waals surface area contributed by atoms with Crippen molar-refractivity contribution < 1.29 is 59.4 Å². The maximum absolute atomic E-state index is 11.5. The summed E-state index contributed by atoms with van der Waals surface area (Å²) in [6.45, 7) is 1.07. The summed E-state index contributed by atoms with van der Waals surface area (Å²) in [5.41, 5.74) is 0. The molecule has 6 N–H and O–H groups in total. The van der Waals surface area contributed by atoms with E-state index < -0.39 is 91.1 Å². The van der Waals surface area contributed by atoms with Crippen LogP contribution >= 0.6 is 0 Å². The fourth-order valence-corrected chi connectivity index (χ4v) is 2.76. The van der Waals surface area contributed by atoms with Gasteiger partial charge in [0.25, 0.3) is 0 Å². The fourth-order valence-electron chi connectivity index (χ4n) is 2.76. The van der Waals surface area contributed by atoms with Crippen molar-refractivity contribution in [3.05, 3.63) is 0 Å². The molecule has 5 unspecified atom stereocenters. The summed E-state index contributed by atoms with van der Waals surface area (Å²) in [6, 6.07) is 0. The van der Waals surface area contributed by atoms with Crippen LogP contribution in [0.1, 0.15) is 32.6 Å². The summed E-state index contributed by atoms with van der Waals surface area (Å²) in [5, 5.41) is 54.4. The third-order valence-electron chi connectivity index (χ3n) is 4.46. The first kappa shape index (κ1) is 35.8. The van der Waals surface area contributed by atoms with Gasteiger partial charge in [-0.05, 0) is 19.3 Å². The molecule has 166 valence electrons. The summed E-state index contributed by atoms with van der Waals surface area (Å²) in [7, 11) is 0. The largest absolute Gasteiger partial charge is 0.481 e. The van der Waals surface area contributed by atoms with Crippen LogP contribution in [0, 0.1) is 29.6 Å². The molecule has 0 aliphatic carbocycles. The van der Waals surface area contributed by atoms with Gasteiger partial charge in [0.2, 0.25) is 0 Å². The molecule has 0 radical (unpaired) electrons. The van der Waals surface area contributed by atoms with Crippen molar-refractivity contribution in [3.63, 3.8) is 0 Å². The van der Waals surface area contributed by atoms with E-state index in [1.54, 1.807) is 0 Å². The van der Waals surface area contributed by atoms with Gasteiger partial charge in [0.15, 0.2) is 0 Å². The Morgan fingerprint density at radius 1 is 0.531 bits per heavy atom. The van der Waals surface area contributed by atoms with Crippen molar-refractivity contribution in [1.82, 2.24) is 0 Å². The summed E-state index contributed by atoms with van der Waals surface area (Å²) in [4.78, 5) is 67.1. The Kier molecular flexibility index (Phi) is 15.6. The van der Waals surface area contributed by atoms with Crippen LogP contribution in [0.25, 0.3) is 0 Å². The minimum Gasteiger partial charge on any atom is -0.481 e. The zero-order valence-corrected chi connectivity index (χ0v) is 43.3. The van der Waals surface area contributed by atoms with Gasteiger partial charge in [-0.1, -0.05) is 6.92 Å². The second-order valence-corrected chi connectivity index (χ2v) is 6.48. The standard InChI is InChI=1S/C16H22O12.4Rf/c1-6(12(19)20)10(16(27)28)4-8(14(23)24)2-7(13(21)22)3-9(15(25)26)5-11(17)18;;;;/h6-10H,2-5H2,1H3,(H,17,18)(H,19,20)(H,21,22)(H,23,24)(H,25,26)(H,27,28);;;;. The minimum atomic E-state index is -1.61. The van der Waals surface area contributed by atoms with Gasteiger partial charge in [-0.15, -0.1) is 0 Å². The summed E-state index contributed by atoms with van der Waals surface area (Å²) in [5.74, 6) is -17.0. The molecule has 12 nitrogen and oxygen atoms in total. The van der Waals surface area contributed by atoms with Crippen molar-refractivity contribution in [2.45, 2.75) is 32.6 Å². The van der Waals surface area contributed by atoms with Gasteiger partial charge >= 0.3 is 35.8 Å². The van der Waals surface area contributed by atoms with Gasteiger partial charge in [-0.3, -0.25) is 28.8 Å². The van der Waals surface area contributed by atoms with E-state index in [-0.39, 0.29) is 0 Å². The molecule has 0 aromatic heterocycles. The predicted octanol–water partition coefficient (Wildman–Crippen LogP) is 0.155. The average molecular weight is 1470 g/mol. The Hall–Kier alpha value is -7.18. The molecule has 0 heterocycles. The van der Waals surface area contributed by atoms with Crippen LogP contribution in [0.3, 0.4) is 0 Å². The minimum absolute atomic E-state index is 0. The van der Waals surface area contributed by atoms with Crippen molar-refractivity contribution in [3.8, 4) is 0 Å². The van der Waals surface area contributed by atoms with Crippen LogP contribution in [-0.4, -0.2) is 66.5 Å². The van der Waals surface area contributed by atoms with Crippen molar-refractivity contribution in [1.29, 1.82) is 0 Å². The third-order valence-corrected chi connectivity index (χ3v) is 4.46. The molecule has 0 bridgehead atoms. The SMILES string of the molecule is CC(C(=O)O)C(CC(CC(CC(CC(=O)O)C(=O)O)C(=O)O)C(=O)O)C(=O)O.[Rf].[Rf].[Rf].[Rf]. The molecule has 16 heteroatoms. The first-order valence-electron chi connectivity index (χ1n) is 8.13. The second kappa shape index (κ2) is 13.9. The Balaban J connectivity index is -0.000000607. The molecule has 0 aromatic rings. The van der Waals surface area contributed by atoms with Crippen LogP contribution in [0.2, 0.25) is 0 Å². The van der Waals surface area contributed by atoms with Crippen LogP contribution in [0.4, 0.5) is 0 Å². The first-order chi connectivity index (χ1) is 12.8. The molecule has 0 amide bonds. The van der Waals surface area contributed by atoms with Crippen LogP contribution in [-0.2, 0) is 28.8 Å². The van der Waals surface area contributed by atoms with E-state index in [4.69, 9.17) is 20.4 Å². The number of hydrogen-bond donors (Lipinski definition) is 6. The number of carboxylic acids is 6. The van der Waals surface area contributed by atoms with Crippen molar-refractivity contribution >= 4 is 35.8 Å². The predicted molar refractivity (Wildman–Crippen MR) is 87.4 cm³/mol. The Morgan fingerprint density at radius 2 is 0.875 bits per heavy atom. The molecule has 32 heavy (non-hydrogen) atoms.